The van der Waals surface area contributed by atoms with Crippen LogP contribution in [0.2, 0.25) is 0 Å². The standard InChI is InChI=1S/C7H16N2O.C6H6S.2ClH.H3P.Ru/c1-8-2-3-9-4-6-10-7-5-9;7-6-4-2-1-3-5-6;;;;/h8H,2-7H2,1H3;1-5,7H;2*1H;1H3;/q;;;;;+2/p-3. The van der Waals surface area contributed by atoms with Gasteiger partial charge in [-0.1, -0.05) is 30.3 Å². The predicted octanol–water partition coefficient (Wildman–Crippen LogP) is 2.57. The number of hydrogen-bond acceptors (Lipinski definition) is 4. The Labute approximate surface area is 153 Å². The quantitative estimate of drug-likeness (QED) is 0.427. The second-order valence-electron chi connectivity index (χ2n) is 3.92. The number of nitrogens with one attached hydrogen (secondary N) is 1. The molecule has 1 unspecified atom stereocenters. The topological polar surface area (TPSA) is 24.5 Å². The van der Waals surface area contributed by atoms with E-state index in [-0.39, 0.29) is 25.0 Å². The van der Waals surface area contributed by atoms with E-state index < -0.39 is 0 Å². The van der Waals surface area contributed by atoms with Crippen LogP contribution < -0.4 is 5.32 Å². The van der Waals surface area contributed by atoms with Crippen molar-refractivity contribution in [2.45, 2.75) is 4.90 Å². The molecular weight excluding hydrogens is 435 g/mol. The molecule has 21 heavy (non-hydrogen) atoms. The number of nitrogens with zero attached hydrogens (tertiary/aromatic N) is 1. The molecule has 0 saturated carbocycles. The number of morpholine rings is 1. The van der Waals surface area contributed by atoms with Gasteiger partial charge in [-0.15, -0.1) is 0 Å². The van der Waals surface area contributed by atoms with E-state index in [1.165, 1.54) is 0 Å². The van der Waals surface area contributed by atoms with Crippen molar-refractivity contribution in [2.24, 2.45) is 0 Å². The van der Waals surface area contributed by atoms with Crippen molar-refractivity contribution in [3.63, 3.8) is 0 Å². The van der Waals surface area contributed by atoms with Crippen LogP contribution in [-0.4, -0.2) is 51.3 Å². The predicted molar refractivity (Wildman–Crippen MR) is 96.1 cm³/mol. The van der Waals surface area contributed by atoms with Crippen LogP contribution in [0.25, 0.3) is 0 Å². The Kier molecular flexibility index (Phi) is 21.9. The van der Waals surface area contributed by atoms with E-state index in [4.69, 9.17) is 36.7 Å². The van der Waals surface area contributed by atoms with Crippen LogP contribution >= 0.6 is 29.3 Å². The van der Waals surface area contributed by atoms with Crippen LogP contribution in [-0.2, 0) is 32.5 Å². The summed E-state index contributed by atoms with van der Waals surface area (Å²) in [6.07, 6.45) is 0. The third kappa shape index (κ3) is 17.1. The minimum Gasteiger partial charge on any atom is -0.780 e. The SMILES string of the molecule is CNCCN1CCOCC1.P.[Cl][Ru][Cl].[S-]c1ccccc1. The third-order valence-electron chi connectivity index (χ3n) is 2.52. The summed E-state index contributed by atoms with van der Waals surface area (Å²) in [7, 11) is 11.7. The molecule has 1 aromatic rings. The van der Waals surface area contributed by atoms with Gasteiger partial charge in [-0.2, -0.15) is 14.8 Å². The average molecular weight is 459 g/mol. The van der Waals surface area contributed by atoms with Crippen LogP contribution in [0.15, 0.2) is 35.2 Å². The summed E-state index contributed by atoms with van der Waals surface area (Å²) in [5.41, 5.74) is 0. The maximum absolute atomic E-state index is 5.22. The normalized spacial score (nSPS) is 14.0. The van der Waals surface area contributed by atoms with Crippen molar-refractivity contribution in [1.82, 2.24) is 10.2 Å². The molecule has 2 rings (SSSR count). The van der Waals surface area contributed by atoms with Crippen LogP contribution in [0.3, 0.4) is 0 Å². The summed E-state index contributed by atoms with van der Waals surface area (Å²) in [4.78, 5) is 3.32. The minimum absolute atomic E-state index is 0. The molecule has 0 amide bonds. The first-order valence-corrected chi connectivity index (χ1v) is 11.1. The Bertz CT molecular complexity index is 309. The van der Waals surface area contributed by atoms with Gasteiger partial charge in [0.2, 0.25) is 0 Å². The number of hydrogen-bond donors (Lipinski definition) is 1. The molecule has 1 N–H and O–H groups in total. The van der Waals surface area contributed by atoms with E-state index in [1.54, 1.807) is 0 Å². The molecule has 0 aromatic heterocycles. The van der Waals surface area contributed by atoms with Crippen LogP contribution in [0.5, 0.6) is 0 Å². The van der Waals surface area contributed by atoms with Crippen molar-refractivity contribution in [3.8, 4) is 0 Å². The number of benzene rings is 1. The van der Waals surface area contributed by atoms with Crippen molar-refractivity contribution < 1.29 is 19.9 Å². The average Bonchev–Trinajstić information content (AvgIpc) is 2.48. The van der Waals surface area contributed by atoms with E-state index >= 15 is 0 Å². The second kappa shape index (κ2) is 19.0. The summed E-state index contributed by atoms with van der Waals surface area (Å²) in [6.45, 7) is 6.25. The summed E-state index contributed by atoms with van der Waals surface area (Å²) < 4.78 is 5.22. The molecule has 3 nitrogen and oxygen atoms in total. The van der Waals surface area contributed by atoms with Gasteiger partial charge in [-0.05, 0) is 7.05 Å². The first kappa shape index (κ1) is 24.2. The molecule has 1 heterocycles. The third-order valence-corrected chi connectivity index (χ3v) is 2.80. The van der Waals surface area contributed by atoms with Gasteiger partial charge in [-0.25, -0.2) is 0 Å². The number of likely N-dealkylation sites (N-methyl/N-ethyl adjacent to an activating group) is 1. The smallest absolute Gasteiger partial charge is 0.0624 e. The molecular formula is C13H24Cl2N2OPRuS-. The summed E-state index contributed by atoms with van der Waals surface area (Å²) in [5.74, 6) is 0. The zero-order valence-electron chi connectivity index (χ0n) is 12.2. The molecule has 1 fully saturated rings. The molecule has 0 aliphatic carbocycles. The van der Waals surface area contributed by atoms with Crippen molar-refractivity contribution >= 4 is 41.9 Å². The fraction of sp³-hybridized carbons (Fsp3) is 0.538. The number of rotatable bonds is 3. The zero-order valence-corrected chi connectivity index (χ0v) is 17.7. The van der Waals surface area contributed by atoms with Crippen LogP contribution in [0, 0.1) is 0 Å². The molecule has 1 aromatic carbocycles. The zero-order chi connectivity index (χ0) is 15.1. The Balaban J connectivity index is 0. The van der Waals surface area contributed by atoms with Gasteiger partial charge in [0.15, 0.2) is 0 Å². The van der Waals surface area contributed by atoms with E-state index in [0.29, 0.717) is 0 Å². The Hall–Kier alpha value is 0.953. The molecule has 1 aliphatic rings. The molecule has 1 saturated heterocycles. The molecule has 1 aliphatic heterocycles. The summed E-state index contributed by atoms with van der Waals surface area (Å²) in [5, 5.41) is 3.13. The maximum atomic E-state index is 5.22. The second-order valence-corrected chi connectivity index (χ2v) is 7.03. The Morgan fingerprint density at radius 1 is 1.24 bits per heavy atom. The first-order valence-electron chi connectivity index (χ1n) is 6.26. The van der Waals surface area contributed by atoms with Gasteiger partial charge in [0.25, 0.3) is 0 Å². The molecule has 0 bridgehead atoms. The van der Waals surface area contributed by atoms with Crippen LogP contribution in [0.4, 0.5) is 0 Å². The van der Waals surface area contributed by atoms with E-state index in [2.05, 4.69) is 10.2 Å². The van der Waals surface area contributed by atoms with Crippen molar-refractivity contribution in [3.05, 3.63) is 30.3 Å². The molecule has 126 valence electrons. The van der Waals surface area contributed by atoms with E-state index in [1.807, 2.05) is 37.4 Å². The Morgan fingerprint density at radius 3 is 2.14 bits per heavy atom. The van der Waals surface area contributed by atoms with Gasteiger partial charge in [0, 0.05) is 26.2 Å². The molecule has 8 heteroatoms. The fourth-order valence-corrected chi connectivity index (χ4v) is 1.67. The minimum atomic E-state index is -0.346. The van der Waals surface area contributed by atoms with Gasteiger partial charge < -0.3 is 22.7 Å². The van der Waals surface area contributed by atoms with E-state index in [0.717, 1.165) is 44.3 Å². The molecule has 0 radical (unpaired) electrons. The summed E-state index contributed by atoms with van der Waals surface area (Å²) >= 11 is 4.47. The number of halogens is 2. The van der Waals surface area contributed by atoms with Crippen molar-refractivity contribution in [1.29, 1.82) is 0 Å². The van der Waals surface area contributed by atoms with E-state index in [9.17, 15) is 0 Å². The first-order chi connectivity index (χ1) is 9.74. The monoisotopic (exact) mass is 459 g/mol. The molecule has 1 atom stereocenters. The fourth-order valence-electron chi connectivity index (χ4n) is 1.52. The van der Waals surface area contributed by atoms with Crippen LogP contribution in [0.1, 0.15) is 0 Å². The van der Waals surface area contributed by atoms with Crippen molar-refractivity contribution in [2.75, 3.05) is 46.4 Å². The largest absolute Gasteiger partial charge is 0.780 e. The summed E-state index contributed by atoms with van der Waals surface area (Å²) in [6, 6.07) is 9.62. The Morgan fingerprint density at radius 2 is 1.76 bits per heavy atom. The van der Waals surface area contributed by atoms with Gasteiger partial charge in [0.1, 0.15) is 0 Å². The van der Waals surface area contributed by atoms with Gasteiger partial charge in [0.05, 0.1) is 13.2 Å². The van der Waals surface area contributed by atoms with Gasteiger partial charge >= 0.3 is 34.5 Å². The maximum Gasteiger partial charge on any atom is -0.0624 e. The molecule has 0 spiro atoms. The van der Waals surface area contributed by atoms with Gasteiger partial charge in [-0.3, -0.25) is 4.90 Å². The number of ether oxygens (including phenoxy) is 1.